The number of piperazine rings is 1. The maximum absolute atomic E-state index is 11.0. The van der Waals surface area contributed by atoms with E-state index in [9.17, 15) is 5.11 Å². The number of aliphatic hydroxyl groups is 1. The summed E-state index contributed by atoms with van der Waals surface area (Å²) in [6.07, 6.45) is -0.324. The molecule has 5 rings (SSSR count). The molecule has 2 aromatic heterocycles. The van der Waals surface area contributed by atoms with E-state index in [-0.39, 0.29) is 6.04 Å². The van der Waals surface area contributed by atoms with Crippen molar-refractivity contribution < 1.29 is 5.11 Å². The van der Waals surface area contributed by atoms with E-state index >= 15 is 0 Å². The van der Waals surface area contributed by atoms with Crippen LogP contribution in [0.1, 0.15) is 45.7 Å². The van der Waals surface area contributed by atoms with Gasteiger partial charge in [0.25, 0.3) is 0 Å². The summed E-state index contributed by atoms with van der Waals surface area (Å²) in [6, 6.07) is 7.46. The molecule has 0 amide bonds. The summed E-state index contributed by atoms with van der Waals surface area (Å²) >= 11 is 7.92. The minimum absolute atomic E-state index is 0.351. The lowest BCUT2D eigenvalue weighted by Gasteiger charge is -2.33. The van der Waals surface area contributed by atoms with Crippen LogP contribution in [0.25, 0.3) is 5.00 Å². The summed E-state index contributed by atoms with van der Waals surface area (Å²) < 4.78 is 2.12. The lowest BCUT2D eigenvalue weighted by Crippen LogP contribution is -2.49. The van der Waals surface area contributed by atoms with Crippen molar-refractivity contribution in [2.24, 2.45) is 4.99 Å². The average Bonchev–Trinajstić information content (AvgIpc) is 3.31. The molecule has 35 heavy (non-hydrogen) atoms. The Morgan fingerprint density at radius 2 is 1.83 bits per heavy atom. The van der Waals surface area contributed by atoms with Crippen LogP contribution in [0.3, 0.4) is 0 Å². The molecule has 0 radical (unpaired) electrons. The van der Waals surface area contributed by atoms with E-state index in [2.05, 4.69) is 50.8 Å². The zero-order valence-corrected chi connectivity index (χ0v) is 22.2. The van der Waals surface area contributed by atoms with Crippen LogP contribution in [0, 0.1) is 20.8 Å². The molecule has 1 fully saturated rings. The molecule has 3 aromatic rings. The maximum Gasteiger partial charge on any atom is 0.163 e. The van der Waals surface area contributed by atoms with Gasteiger partial charge in [0, 0.05) is 53.6 Å². The number of fused-ring (bicyclic) bond motifs is 3. The van der Waals surface area contributed by atoms with E-state index in [0.717, 1.165) is 59.7 Å². The van der Waals surface area contributed by atoms with Crippen molar-refractivity contribution in [3.05, 3.63) is 62.5 Å². The van der Waals surface area contributed by atoms with E-state index in [1.165, 1.54) is 10.4 Å². The third-order valence-electron chi connectivity index (χ3n) is 6.95. The Kier molecular flexibility index (Phi) is 7.07. The molecule has 1 saturated heterocycles. The van der Waals surface area contributed by atoms with Gasteiger partial charge in [-0.05, 0) is 45.5 Å². The summed E-state index contributed by atoms with van der Waals surface area (Å²) in [6.45, 7) is 11.0. The Morgan fingerprint density at radius 3 is 2.54 bits per heavy atom. The lowest BCUT2D eigenvalue weighted by molar-refractivity contribution is 0.0764. The highest BCUT2D eigenvalue weighted by molar-refractivity contribution is 7.15. The van der Waals surface area contributed by atoms with Crippen molar-refractivity contribution in [1.29, 1.82) is 0 Å². The Balaban J connectivity index is 1.48. The fourth-order valence-electron chi connectivity index (χ4n) is 4.69. The number of aliphatic imine (C=N–C) groups is 1. The first-order valence-electron chi connectivity index (χ1n) is 12.0. The Bertz CT molecular complexity index is 1230. The molecule has 186 valence electrons. The number of aliphatic hydroxyl groups excluding tert-OH is 1. The number of hydrogen-bond donors (Lipinski definition) is 2. The van der Waals surface area contributed by atoms with E-state index in [0.29, 0.717) is 18.1 Å². The number of thiophene rings is 1. The summed E-state index contributed by atoms with van der Waals surface area (Å²) in [5.74, 6) is 1.58. The third-order valence-corrected chi connectivity index (χ3v) is 8.39. The monoisotopic (exact) mass is 513 g/mol. The molecule has 0 spiro atoms. The molecule has 2 unspecified atom stereocenters. The van der Waals surface area contributed by atoms with Gasteiger partial charge in [-0.25, -0.2) is 0 Å². The highest BCUT2D eigenvalue weighted by Crippen LogP contribution is 2.39. The fraction of sp³-hybridized carbons (Fsp3) is 0.480. The van der Waals surface area contributed by atoms with E-state index in [4.69, 9.17) is 16.6 Å². The summed E-state index contributed by atoms with van der Waals surface area (Å²) in [5.41, 5.74) is 4.20. The second-order valence-electron chi connectivity index (χ2n) is 9.44. The van der Waals surface area contributed by atoms with Crippen molar-refractivity contribution in [3.8, 4) is 5.00 Å². The van der Waals surface area contributed by atoms with Crippen molar-refractivity contribution in [1.82, 2.24) is 29.9 Å². The molecule has 0 saturated carbocycles. The molecule has 2 aliphatic heterocycles. The summed E-state index contributed by atoms with van der Waals surface area (Å²) in [7, 11) is 2.14. The second-order valence-corrected chi connectivity index (χ2v) is 11.1. The van der Waals surface area contributed by atoms with Crippen LogP contribution in [0.4, 0.5) is 0 Å². The minimum atomic E-state index is -0.723. The quantitative estimate of drug-likeness (QED) is 0.492. The molecule has 0 aliphatic carbocycles. The smallest absolute Gasteiger partial charge is 0.163 e. The number of nitrogens with one attached hydrogen (secondary N) is 1. The van der Waals surface area contributed by atoms with Crippen LogP contribution in [0.5, 0.6) is 0 Å². The van der Waals surface area contributed by atoms with E-state index in [1.807, 2.05) is 31.2 Å². The Morgan fingerprint density at radius 1 is 1.11 bits per heavy atom. The van der Waals surface area contributed by atoms with Gasteiger partial charge in [-0.15, -0.1) is 21.5 Å². The van der Waals surface area contributed by atoms with Gasteiger partial charge in [-0.1, -0.05) is 23.7 Å². The van der Waals surface area contributed by atoms with Crippen LogP contribution in [0.15, 0.2) is 29.3 Å². The van der Waals surface area contributed by atoms with Crippen LogP contribution < -0.4 is 5.32 Å². The average molecular weight is 514 g/mol. The predicted molar refractivity (Wildman–Crippen MR) is 141 cm³/mol. The van der Waals surface area contributed by atoms with Gasteiger partial charge in [0.15, 0.2) is 5.82 Å². The number of nitrogens with zero attached hydrogens (tertiary/aromatic N) is 6. The molecule has 2 aliphatic rings. The Hall–Kier alpha value is -2.14. The first-order chi connectivity index (χ1) is 16.8. The molecule has 10 heteroatoms. The van der Waals surface area contributed by atoms with Crippen LogP contribution in [-0.2, 0) is 0 Å². The maximum atomic E-state index is 11.0. The highest BCUT2D eigenvalue weighted by Gasteiger charge is 2.32. The first-order valence-corrected chi connectivity index (χ1v) is 13.2. The van der Waals surface area contributed by atoms with Gasteiger partial charge in [0.1, 0.15) is 23.1 Å². The van der Waals surface area contributed by atoms with Gasteiger partial charge >= 0.3 is 0 Å². The van der Waals surface area contributed by atoms with Gasteiger partial charge < -0.3 is 10.0 Å². The van der Waals surface area contributed by atoms with E-state index < -0.39 is 6.23 Å². The highest BCUT2D eigenvalue weighted by atomic mass is 35.5. The molecular weight excluding hydrogens is 482 g/mol. The van der Waals surface area contributed by atoms with Crippen LogP contribution >= 0.6 is 22.9 Å². The number of likely N-dealkylation sites (N-methyl/N-ethyl adjacent to an activating group) is 1. The number of rotatable bonds is 6. The van der Waals surface area contributed by atoms with Gasteiger partial charge in [0.05, 0.1) is 12.4 Å². The number of halogens is 1. The predicted octanol–water partition coefficient (Wildman–Crippen LogP) is 3.30. The van der Waals surface area contributed by atoms with Crippen molar-refractivity contribution in [3.63, 3.8) is 0 Å². The number of aryl methyl sites for hydroxylation is 2. The molecule has 8 nitrogen and oxygen atoms in total. The van der Waals surface area contributed by atoms with Gasteiger partial charge in [-0.2, -0.15) is 0 Å². The SMILES string of the molecule is Cc1sc2c(c1C)C(c1ccc(Cl)cc1)=NC(CC(O)NCN1CCN(C)CC1)c1nnc(C)n1-2. The van der Waals surface area contributed by atoms with Crippen molar-refractivity contribution in [2.45, 2.75) is 39.5 Å². The Labute approximate surface area is 215 Å². The first kappa shape index (κ1) is 24.5. The lowest BCUT2D eigenvalue weighted by atomic mass is 9.99. The minimum Gasteiger partial charge on any atom is -0.378 e. The summed E-state index contributed by atoms with van der Waals surface area (Å²) in [4.78, 5) is 11.1. The summed E-state index contributed by atoms with van der Waals surface area (Å²) in [5, 5.41) is 25.0. The molecule has 2 atom stereocenters. The fourth-order valence-corrected chi connectivity index (χ4v) is 6.03. The third kappa shape index (κ3) is 4.94. The normalized spacial score (nSPS) is 19.7. The van der Waals surface area contributed by atoms with Crippen LogP contribution in [-0.4, -0.2) is 81.5 Å². The molecule has 4 heterocycles. The molecule has 1 aromatic carbocycles. The van der Waals surface area contributed by atoms with Crippen molar-refractivity contribution in [2.75, 3.05) is 39.9 Å². The zero-order chi connectivity index (χ0) is 24.7. The topological polar surface area (TPSA) is 81.8 Å². The zero-order valence-electron chi connectivity index (χ0n) is 20.6. The second kappa shape index (κ2) is 10.1. The largest absolute Gasteiger partial charge is 0.378 e. The molecular formula is C25H32ClN7OS. The number of hydrogen-bond acceptors (Lipinski definition) is 8. The molecule has 2 N–H and O–H groups in total. The number of aromatic nitrogens is 3. The molecule has 0 bridgehead atoms. The van der Waals surface area contributed by atoms with Gasteiger partial charge in [-0.3, -0.25) is 19.8 Å². The van der Waals surface area contributed by atoms with E-state index in [1.54, 1.807) is 11.3 Å². The number of benzene rings is 1. The van der Waals surface area contributed by atoms with Gasteiger partial charge in [0.2, 0.25) is 0 Å². The van der Waals surface area contributed by atoms with Crippen molar-refractivity contribution >= 4 is 28.6 Å². The standard InChI is InChI=1S/C25H32ClN7OS/c1-15-16(2)35-25-22(15)23(18-5-7-19(26)8-6-18)28-20(24-30-29-17(3)33(24)25)13-21(34)27-14-32-11-9-31(4)10-12-32/h5-8,20-21,27,34H,9-14H2,1-4H3. The van der Waals surface area contributed by atoms with Crippen LogP contribution in [0.2, 0.25) is 5.02 Å².